The van der Waals surface area contributed by atoms with Crippen molar-refractivity contribution in [1.82, 2.24) is 15.3 Å². The number of amides is 1. The highest BCUT2D eigenvalue weighted by Crippen LogP contribution is 2.32. The number of alkyl carbamates (subject to hydrolysis) is 1. The molecule has 8 heteroatoms. The van der Waals surface area contributed by atoms with Gasteiger partial charge >= 0.3 is 6.09 Å². The van der Waals surface area contributed by atoms with E-state index in [-0.39, 0.29) is 6.04 Å². The molecule has 0 saturated carbocycles. The zero-order chi connectivity index (χ0) is 23.3. The number of anilines is 3. The molecule has 3 heterocycles. The van der Waals surface area contributed by atoms with Crippen LogP contribution in [0.5, 0.6) is 11.6 Å². The van der Waals surface area contributed by atoms with Gasteiger partial charge in [0.1, 0.15) is 22.9 Å². The van der Waals surface area contributed by atoms with E-state index in [0.29, 0.717) is 18.2 Å². The van der Waals surface area contributed by atoms with E-state index >= 15 is 0 Å². The predicted molar refractivity (Wildman–Crippen MR) is 128 cm³/mol. The highest BCUT2D eigenvalue weighted by atomic mass is 16.6. The predicted octanol–water partition coefficient (Wildman–Crippen LogP) is 5.12. The highest BCUT2D eigenvalue weighted by molar-refractivity contribution is 5.68. The number of hydrogen-bond donors (Lipinski definition) is 2. The zero-order valence-electron chi connectivity index (χ0n) is 19.1. The fraction of sp³-hybridized carbons (Fsp3) is 0.320. The maximum atomic E-state index is 12.1. The Labute approximate surface area is 194 Å². The molecule has 4 rings (SSSR count). The van der Waals surface area contributed by atoms with Crippen LogP contribution in [0.4, 0.5) is 22.0 Å². The molecule has 1 atom stereocenters. The van der Waals surface area contributed by atoms with Crippen LogP contribution in [0, 0.1) is 0 Å². The van der Waals surface area contributed by atoms with Gasteiger partial charge in [-0.25, -0.2) is 14.8 Å². The standard InChI is InChI=1S/C25H29N5O3/c1-25(2,3)33-24(31)29-19-13-16-30(17-19)21-7-6-15-27-23(21)32-20-11-9-18(10-12-20)28-22-8-4-5-14-26-22/h4-12,14-15,19H,13,16-17H2,1-3H3,(H,26,28)(H,29,31). The summed E-state index contributed by atoms with van der Waals surface area (Å²) in [5, 5.41) is 6.20. The van der Waals surface area contributed by atoms with Crippen molar-refractivity contribution in [2.24, 2.45) is 0 Å². The number of nitrogens with zero attached hydrogens (tertiary/aromatic N) is 3. The maximum Gasteiger partial charge on any atom is 0.407 e. The molecular formula is C25H29N5O3. The Balaban J connectivity index is 1.38. The van der Waals surface area contributed by atoms with E-state index < -0.39 is 11.7 Å². The van der Waals surface area contributed by atoms with E-state index in [4.69, 9.17) is 9.47 Å². The minimum atomic E-state index is -0.518. The van der Waals surface area contributed by atoms with Gasteiger partial charge in [-0.05, 0) is 75.7 Å². The SMILES string of the molecule is CC(C)(C)OC(=O)NC1CCN(c2cccnc2Oc2ccc(Nc3ccccn3)cc2)C1. The molecule has 0 radical (unpaired) electrons. The van der Waals surface area contributed by atoms with Gasteiger partial charge in [0.25, 0.3) is 0 Å². The van der Waals surface area contributed by atoms with Crippen LogP contribution in [0.1, 0.15) is 27.2 Å². The molecule has 1 aromatic carbocycles. The molecule has 0 aliphatic carbocycles. The van der Waals surface area contributed by atoms with Crippen LogP contribution in [0.25, 0.3) is 0 Å². The first-order valence-electron chi connectivity index (χ1n) is 11.0. The molecule has 3 aromatic rings. The average molecular weight is 448 g/mol. The molecule has 1 unspecified atom stereocenters. The van der Waals surface area contributed by atoms with E-state index in [1.54, 1.807) is 12.4 Å². The maximum absolute atomic E-state index is 12.1. The molecule has 1 amide bonds. The van der Waals surface area contributed by atoms with Crippen molar-refractivity contribution < 1.29 is 14.3 Å². The molecule has 172 valence electrons. The summed E-state index contributed by atoms with van der Waals surface area (Å²) in [4.78, 5) is 23.0. The molecule has 33 heavy (non-hydrogen) atoms. The summed E-state index contributed by atoms with van der Waals surface area (Å²) < 4.78 is 11.5. The van der Waals surface area contributed by atoms with E-state index in [1.165, 1.54) is 0 Å². The van der Waals surface area contributed by atoms with Gasteiger partial charge in [-0.2, -0.15) is 0 Å². The van der Waals surface area contributed by atoms with Crippen LogP contribution in [-0.2, 0) is 4.74 Å². The highest BCUT2D eigenvalue weighted by Gasteiger charge is 2.28. The summed E-state index contributed by atoms with van der Waals surface area (Å²) >= 11 is 0. The van der Waals surface area contributed by atoms with E-state index in [9.17, 15) is 4.79 Å². The molecule has 1 aliphatic heterocycles. The van der Waals surface area contributed by atoms with Crippen LogP contribution >= 0.6 is 0 Å². The third kappa shape index (κ3) is 6.35. The third-order valence-electron chi connectivity index (χ3n) is 5.01. The molecule has 1 fully saturated rings. The fourth-order valence-corrected chi connectivity index (χ4v) is 3.58. The van der Waals surface area contributed by atoms with Gasteiger partial charge in [-0.15, -0.1) is 0 Å². The van der Waals surface area contributed by atoms with Gasteiger partial charge in [0, 0.05) is 31.2 Å². The molecule has 1 saturated heterocycles. The largest absolute Gasteiger partial charge is 0.444 e. The minimum Gasteiger partial charge on any atom is -0.444 e. The number of rotatable bonds is 6. The van der Waals surface area contributed by atoms with E-state index in [1.807, 2.05) is 75.4 Å². The van der Waals surface area contributed by atoms with Crippen molar-refractivity contribution in [2.75, 3.05) is 23.3 Å². The van der Waals surface area contributed by atoms with Crippen LogP contribution in [0.15, 0.2) is 67.0 Å². The van der Waals surface area contributed by atoms with Crippen LogP contribution < -0.4 is 20.3 Å². The van der Waals surface area contributed by atoms with Gasteiger partial charge in [-0.3, -0.25) is 0 Å². The van der Waals surface area contributed by atoms with Gasteiger partial charge in [0.2, 0.25) is 5.88 Å². The second-order valence-electron chi connectivity index (χ2n) is 8.87. The summed E-state index contributed by atoms with van der Waals surface area (Å²) in [5.41, 5.74) is 1.29. The summed E-state index contributed by atoms with van der Waals surface area (Å²) in [6.07, 6.45) is 3.88. The monoisotopic (exact) mass is 447 g/mol. The molecule has 2 N–H and O–H groups in total. The Morgan fingerprint density at radius 1 is 1.03 bits per heavy atom. The average Bonchev–Trinajstić information content (AvgIpc) is 3.23. The van der Waals surface area contributed by atoms with Crippen molar-refractivity contribution in [1.29, 1.82) is 0 Å². The fourth-order valence-electron chi connectivity index (χ4n) is 3.58. The van der Waals surface area contributed by atoms with Crippen molar-refractivity contribution in [2.45, 2.75) is 38.8 Å². The van der Waals surface area contributed by atoms with Crippen molar-refractivity contribution in [3.8, 4) is 11.6 Å². The Morgan fingerprint density at radius 2 is 1.82 bits per heavy atom. The number of carbonyl (C=O) groups excluding carboxylic acids is 1. The Hall–Kier alpha value is -3.81. The third-order valence-corrected chi connectivity index (χ3v) is 5.01. The Morgan fingerprint density at radius 3 is 2.55 bits per heavy atom. The lowest BCUT2D eigenvalue weighted by atomic mass is 10.2. The normalized spacial score (nSPS) is 15.7. The number of ether oxygens (including phenoxy) is 2. The van der Waals surface area contributed by atoms with Crippen LogP contribution in [0.3, 0.4) is 0 Å². The number of pyridine rings is 2. The smallest absolute Gasteiger partial charge is 0.407 e. The minimum absolute atomic E-state index is 0.00450. The topological polar surface area (TPSA) is 88.6 Å². The van der Waals surface area contributed by atoms with E-state index in [0.717, 1.165) is 30.2 Å². The van der Waals surface area contributed by atoms with Gasteiger partial charge in [0.15, 0.2) is 0 Å². The first-order chi connectivity index (χ1) is 15.9. The van der Waals surface area contributed by atoms with E-state index in [2.05, 4.69) is 25.5 Å². The molecule has 2 aromatic heterocycles. The molecule has 1 aliphatic rings. The van der Waals surface area contributed by atoms with Gasteiger partial charge < -0.3 is 25.0 Å². The second-order valence-corrected chi connectivity index (χ2v) is 8.87. The Bertz CT molecular complexity index is 1070. The Kier molecular flexibility index (Phi) is 6.63. The summed E-state index contributed by atoms with van der Waals surface area (Å²) in [6.45, 7) is 7.01. The second kappa shape index (κ2) is 9.77. The molecular weight excluding hydrogens is 418 g/mol. The molecule has 8 nitrogen and oxygen atoms in total. The summed E-state index contributed by atoms with van der Waals surface area (Å²) in [5.74, 6) is 1.99. The van der Waals surface area contributed by atoms with Crippen LogP contribution in [-0.4, -0.2) is 40.8 Å². The van der Waals surface area contributed by atoms with Crippen LogP contribution in [0.2, 0.25) is 0 Å². The number of benzene rings is 1. The summed E-state index contributed by atoms with van der Waals surface area (Å²) in [6, 6.07) is 17.2. The number of aromatic nitrogens is 2. The quantitative estimate of drug-likeness (QED) is 0.542. The summed E-state index contributed by atoms with van der Waals surface area (Å²) in [7, 11) is 0. The zero-order valence-corrected chi connectivity index (χ0v) is 19.1. The van der Waals surface area contributed by atoms with Crippen molar-refractivity contribution >= 4 is 23.3 Å². The first-order valence-corrected chi connectivity index (χ1v) is 11.0. The molecule has 0 bridgehead atoms. The number of hydrogen-bond acceptors (Lipinski definition) is 7. The van der Waals surface area contributed by atoms with Crippen molar-refractivity contribution in [3.05, 3.63) is 67.0 Å². The number of carbonyl (C=O) groups is 1. The lowest BCUT2D eigenvalue weighted by Crippen LogP contribution is -2.40. The number of nitrogens with one attached hydrogen (secondary N) is 2. The van der Waals surface area contributed by atoms with Gasteiger partial charge in [0.05, 0.1) is 6.04 Å². The lowest BCUT2D eigenvalue weighted by molar-refractivity contribution is 0.0509. The molecule has 0 spiro atoms. The lowest BCUT2D eigenvalue weighted by Gasteiger charge is -2.23. The van der Waals surface area contributed by atoms with Gasteiger partial charge in [-0.1, -0.05) is 6.07 Å². The van der Waals surface area contributed by atoms with Crippen molar-refractivity contribution in [3.63, 3.8) is 0 Å². The first kappa shape index (κ1) is 22.4.